The number of hydrogen-bond donors (Lipinski definition) is 0. The van der Waals surface area contributed by atoms with Gasteiger partial charge in [-0.1, -0.05) is 47.5 Å². The van der Waals surface area contributed by atoms with Crippen LogP contribution in [-0.2, 0) is 11.3 Å². The number of aromatic nitrogens is 4. The van der Waals surface area contributed by atoms with Crippen LogP contribution in [0.3, 0.4) is 0 Å². The number of methoxy groups -OCH3 is 1. The Morgan fingerprint density at radius 1 is 1.03 bits per heavy atom. The summed E-state index contributed by atoms with van der Waals surface area (Å²) in [6, 6.07) is 15.8. The fourth-order valence-electron chi connectivity index (χ4n) is 3.85. The first-order valence-electron chi connectivity index (χ1n) is 9.91. The molecule has 0 radical (unpaired) electrons. The third kappa shape index (κ3) is 4.59. The van der Waals surface area contributed by atoms with Gasteiger partial charge in [0.1, 0.15) is 0 Å². The van der Waals surface area contributed by atoms with Gasteiger partial charge in [-0.3, -0.25) is 4.90 Å². The third-order valence-corrected chi connectivity index (χ3v) is 5.94. The molecule has 2 heterocycles. The van der Waals surface area contributed by atoms with Crippen LogP contribution in [0.4, 0.5) is 5.69 Å². The van der Waals surface area contributed by atoms with E-state index in [9.17, 15) is 0 Å². The van der Waals surface area contributed by atoms with Gasteiger partial charge in [0.15, 0.2) is 5.82 Å². The minimum Gasteiger partial charge on any atom is -0.383 e. The van der Waals surface area contributed by atoms with Gasteiger partial charge in [-0.2, -0.15) is 0 Å². The number of benzene rings is 2. The number of piperazine rings is 1. The molecule has 0 aliphatic carbocycles. The Balaban J connectivity index is 1.60. The molecule has 0 N–H and O–H groups in total. The Labute approximate surface area is 186 Å². The van der Waals surface area contributed by atoms with Crippen LogP contribution in [0.2, 0.25) is 10.0 Å². The van der Waals surface area contributed by atoms with Gasteiger partial charge >= 0.3 is 0 Å². The first-order chi connectivity index (χ1) is 14.7. The predicted octanol–water partition coefficient (Wildman–Crippen LogP) is 3.54. The van der Waals surface area contributed by atoms with Crippen LogP contribution < -0.4 is 4.90 Å². The van der Waals surface area contributed by atoms with Crippen molar-refractivity contribution < 1.29 is 4.74 Å². The maximum Gasteiger partial charge on any atom is 0.173 e. The molecule has 1 aliphatic rings. The summed E-state index contributed by atoms with van der Waals surface area (Å²) < 4.78 is 7.03. The van der Waals surface area contributed by atoms with Crippen LogP contribution in [0.25, 0.3) is 0 Å². The van der Waals surface area contributed by atoms with Gasteiger partial charge in [0.05, 0.1) is 19.2 Å². The largest absolute Gasteiger partial charge is 0.383 e. The molecular weight excluding hydrogens is 423 g/mol. The predicted molar refractivity (Wildman–Crippen MR) is 118 cm³/mol. The minimum absolute atomic E-state index is 0.132. The van der Waals surface area contributed by atoms with E-state index in [1.54, 1.807) is 11.8 Å². The Bertz CT molecular complexity index is 973. The normalized spacial score (nSPS) is 16.0. The number of anilines is 1. The molecule has 3 aromatic rings. The van der Waals surface area contributed by atoms with Crippen molar-refractivity contribution in [3.8, 4) is 0 Å². The molecule has 158 valence electrons. The van der Waals surface area contributed by atoms with Crippen molar-refractivity contribution in [3.05, 3.63) is 70.0 Å². The Morgan fingerprint density at radius 3 is 2.57 bits per heavy atom. The highest BCUT2D eigenvalue weighted by atomic mass is 35.5. The van der Waals surface area contributed by atoms with Gasteiger partial charge in [-0.25, -0.2) is 4.68 Å². The van der Waals surface area contributed by atoms with E-state index in [-0.39, 0.29) is 6.04 Å². The number of nitrogens with zero attached hydrogens (tertiary/aromatic N) is 6. The zero-order chi connectivity index (χ0) is 20.9. The van der Waals surface area contributed by atoms with Crippen LogP contribution in [0.15, 0.2) is 48.5 Å². The monoisotopic (exact) mass is 446 g/mol. The average Bonchev–Trinajstić information content (AvgIpc) is 3.22. The third-order valence-electron chi connectivity index (χ3n) is 5.36. The maximum atomic E-state index is 6.60. The zero-order valence-corrected chi connectivity index (χ0v) is 18.3. The van der Waals surface area contributed by atoms with Crippen LogP contribution in [-0.4, -0.2) is 65.0 Å². The fourth-order valence-corrected chi connectivity index (χ4v) is 4.28. The molecule has 1 aromatic heterocycles. The van der Waals surface area contributed by atoms with Crippen LogP contribution in [0.1, 0.15) is 17.4 Å². The quantitative estimate of drug-likeness (QED) is 0.552. The number of ether oxygens (including phenoxy) is 1. The van der Waals surface area contributed by atoms with Crippen molar-refractivity contribution in [2.45, 2.75) is 12.6 Å². The van der Waals surface area contributed by atoms with Crippen LogP contribution >= 0.6 is 23.2 Å². The summed E-state index contributed by atoms with van der Waals surface area (Å²) >= 11 is 12.8. The van der Waals surface area contributed by atoms with Crippen molar-refractivity contribution in [1.82, 2.24) is 25.1 Å². The molecule has 4 rings (SSSR count). The van der Waals surface area contributed by atoms with Gasteiger partial charge in [-0.15, -0.1) is 5.10 Å². The minimum atomic E-state index is -0.132. The Morgan fingerprint density at radius 2 is 1.83 bits per heavy atom. The lowest BCUT2D eigenvalue weighted by Crippen LogP contribution is -2.48. The second-order valence-corrected chi connectivity index (χ2v) is 8.02. The summed E-state index contributed by atoms with van der Waals surface area (Å²) in [6.07, 6.45) is 0. The molecule has 0 bridgehead atoms. The standard InChI is InChI=1S/C21H24Cl2N6O/c1-30-14-13-29-21(24-25-26-29)20(18-7-2-3-8-19(18)23)28-11-9-27(10-12-28)17-6-4-5-16(22)15-17/h2-8,15,20H,9-14H2,1H3/t20-/m0/s1. The molecule has 7 nitrogen and oxygen atoms in total. The molecule has 2 aromatic carbocycles. The summed E-state index contributed by atoms with van der Waals surface area (Å²) in [5, 5.41) is 13.9. The highest BCUT2D eigenvalue weighted by molar-refractivity contribution is 6.31. The molecule has 1 atom stereocenters. The van der Waals surface area contributed by atoms with Gasteiger partial charge in [0, 0.05) is 49.0 Å². The first kappa shape index (κ1) is 21.1. The maximum absolute atomic E-state index is 6.60. The van der Waals surface area contributed by atoms with Crippen molar-refractivity contribution in [1.29, 1.82) is 0 Å². The first-order valence-corrected chi connectivity index (χ1v) is 10.7. The van der Waals surface area contributed by atoms with Crippen LogP contribution in [0, 0.1) is 0 Å². The molecule has 30 heavy (non-hydrogen) atoms. The van der Waals surface area contributed by atoms with E-state index in [0.717, 1.165) is 48.3 Å². The van der Waals surface area contributed by atoms with Gasteiger partial charge < -0.3 is 9.64 Å². The summed E-state index contributed by atoms with van der Waals surface area (Å²) in [7, 11) is 1.67. The zero-order valence-electron chi connectivity index (χ0n) is 16.8. The van der Waals surface area contributed by atoms with Crippen LogP contribution in [0.5, 0.6) is 0 Å². The molecule has 9 heteroatoms. The second-order valence-electron chi connectivity index (χ2n) is 7.18. The summed E-state index contributed by atoms with van der Waals surface area (Å²) in [4.78, 5) is 4.73. The van der Waals surface area contributed by atoms with E-state index in [1.165, 1.54) is 0 Å². The van der Waals surface area contributed by atoms with E-state index < -0.39 is 0 Å². The van der Waals surface area contributed by atoms with E-state index >= 15 is 0 Å². The van der Waals surface area contributed by atoms with E-state index in [0.29, 0.717) is 18.2 Å². The highest BCUT2D eigenvalue weighted by Gasteiger charge is 2.31. The van der Waals surface area contributed by atoms with Crippen molar-refractivity contribution >= 4 is 28.9 Å². The molecule has 0 amide bonds. The summed E-state index contributed by atoms with van der Waals surface area (Å²) in [5.74, 6) is 0.774. The lowest BCUT2D eigenvalue weighted by atomic mass is 10.0. The molecule has 1 saturated heterocycles. The topological polar surface area (TPSA) is 59.3 Å². The van der Waals surface area contributed by atoms with Gasteiger partial charge in [0.2, 0.25) is 0 Å². The van der Waals surface area contributed by atoms with Crippen molar-refractivity contribution in [3.63, 3.8) is 0 Å². The molecule has 0 spiro atoms. The molecule has 1 aliphatic heterocycles. The lowest BCUT2D eigenvalue weighted by molar-refractivity contribution is 0.172. The number of halogens is 2. The van der Waals surface area contributed by atoms with Crippen molar-refractivity contribution in [2.24, 2.45) is 0 Å². The summed E-state index contributed by atoms with van der Waals surface area (Å²) in [5.41, 5.74) is 2.14. The van der Waals surface area contributed by atoms with E-state index in [4.69, 9.17) is 27.9 Å². The van der Waals surface area contributed by atoms with E-state index in [2.05, 4.69) is 31.4 Å². The number of tetrazole rings is 1. The second kappa shape index (κ2) is 9.75. The number of hydrogen-bond acceptors (Lipinski definition) is 6. The molecule has 1 fully saturated rings. The van der Waals surface area contributed by atoms with Gasteiger partial charge in [-0.05, 0) is 40.3 Å². The molecular formula is C21H24Cl2N6O. The smallest absolute Gasteiger partial charge is 0.173 e. The molecule has 0 saturated carbocycles. The Hall–Kier alpha value is -2.19. The SMILES string of the molecule is COCCn1nnnc1[C@H](c1ccccc1Cl)N1CCN(c2cccc(Cl)c2)CC1. The number of rotatable bonds is 7. The van der Waals surface area contributed by atoms with Gasteiger partial charge in [0.25, 0.3) is 0 Å². The fraction of sp³-hybridized carbons (Fsp3) is 0.381. The van der Waals surface area contributed by atoms with Crippen molar-refractivity contribution in [2.75, 3.05) is 44.8 Å². The lowest BCUT2D eigenvalue weighted by Gasteiger charge is -2.40. The average molecular weight is 447 g/mol. The highest BCUT2D eigenvalue weighted by Crippen LogP contribution is 2.33. The Kier molecular flexibility index (Phi) is 6.84. The molecule has 0 unspecified atom stereocenters. The van der Waals surface area contributed by atoms with E-state index in [1.807, 2.05) is 42.5 Å². The summed E-state index contributed by atoms with van der Waals surface area (Å²) in [6.45, 7) is 4.57.